The zero-order chi connectivity index (χ0) is 15.6. The number of carboxylic acids is 1. The monoisotopic (exact) mass is 289 g/mol. The van der Waals surface area contributed by atoms with E-state index in [2.05, 4.69) is 16.8 Å². The number of carboxylic acid groups (broad SMARTS) is 1. The van der Waals surface area contributed by atoms with Crippen molar-refractivity contribution in [2.24, 2.45) is 0 Å². The number of hydrogen-bond acceptors (Lipinski definition) is 3. The lowest BCUT2D eigenvalue weighted by Gasteiger charge is -2.13. The van der Waals surface area contributed by atoms with Gasteiger partial charge in [-0.25, -0.2) is 4.79 Å². The number of hydrogen-bond donors (Lipinski definition) is 3. The van der Waals surface area contributed by atoms with Crippen molar-refractivity contribution >= 4 is 12.3 Å². The minimum absolute atomic E-state index is 0.0221. The van der Waals surface area contributed by atoms with E-state index < -0.39 is 11.6 Å². The fraction of sp³-hybridized carbons (Fsp3) is 0.500. The first-order chi connectivity index (χ1) is 9.88. The summed E-state index contributed by atoms with van der Waals surface area (Å²) in [7, 11) is 0. The third kappa shape index (κ3) is 3.01. The Morgan fingerprint density at radius 2 is 2.00 bits per heavy atom. The second-order valence-electron chi connectivity index (χ2n) is 5.77. The van der Waals surface area contributed by atoms with Crippen molar-refractivity contribution in [3.63, 3.8) is 0 Å². The molecule has 1 aliphatic carbocycles. The first kappa shape index (κ1) is 15.3. The number of nitrogens with one attached hydrogen (secondary N) is 1. The Morgan fingerprint density at radius 1 is 1.38 bits per heavy atom. The summed E-state index contributed by atoms with van der Waals surface area (Å²) in [5.74, 6) is 4.45. The molecule has 1 aromatic heterocycles. The lowest BCUT2D eigenvalue weighted by Crippen LogP contribution is -2.20. The smallest absolute Gasteiger partial charge is 0.338 e. The van der Waals surface area contributed by atoms with Crippen LogP contribution in [0.4, 0.5) is 0 Å². The van der Waals surface area contributed by atoms with E-state index >= 15 is 0 Å². The normalized spacial score (nSPS) is 16.6. The second kappa shape index (κ2) is 5.74. The highest BCUT2D eigenvalue weighted by Crippen LogP contribution is 2.30. The molecule has 21 heavy (non-hydrogen) atoms. The van der Waals surface area contributed by atoms with Crippen molar-refractivity contribution in [3.05, 3.63) is 22.5 Å². The summed E-state index contributed by atoms with van der Waals surface area (Å²) >= 11 is 0. The molecule has 2 rings (SSSR count). The van der Waals surface area contributed by atoms with Crippen LogP contribution < -0.4 is 0 Å². The van der Waals surface area contributed by atoms with Crippen molar-refractivity contribution in [2.75, 3.05) is 0 Å². The molecule has 1 aliphatic rings. The van der Waals surface area contributed by atoms with Gasteiger partial charge in [-0.1, -0.05) is 19.8 Å². The molecule has 5 nitrogen and oxygen atoms in total. The van der Waals surface area contributed by atoms with E-state index in [1.165, 1.54) is 0 Å². The van der Waals surface area contributed by atoms with Crippen LogP contribution in [0.15, 0.2) is 0 Å². The van der Waals surface area contributed by atoms with Crippen LogP contribution >= 0.6 is 0 Å². The van der Waals surface area contributed by atoms with Crippen molar-refractivity contribution in [1.29, 1.82) is 0 Å². The van der Waals surface area contributed by atoms with E-state index in [-0.39, 0.29) is 17.2 Å². The number of aliphatic hydroxyl groups is 1. The molecule has 0 saturated heterocycles. The van der Waals surface area contributed by atoms with Crippen molar-refractivity contribution < 1.29 is 19.8 Å². The van der Waals surface area contributed by atoms with Gasteiger partial charge < -0.3 is 15.2 Å². The van der Waals surface area contributed by atoms with E-state index in [4.69, 9.17) is 0 Å². The number of aldehydes is 1. The molecule has 0 unspecified atom stereocenters. The molecule has 0 bridgehead atoms. The van der Waals surface area contributed by atoms with Crippen molar-refractivity contribution in [2.45, 2.75) is 51.0 Å². The van der Waals surface area contributed by atoms with E-state index in [9.17, 15) is 19.8 Å². The maximum Gasteiger partial charge on any atom is 0.338 e. The van der Waals surface area contributed by atoms with Gasteiger partial charge in [-0.15, -0.1) is 0 Å². The Hall–Kier alpha value is -2.06. The molecule has 1 aromatic rings. The Balaban J connectivity index is 2.51. The summed E-state index contributed by atoms with van der Waals surface area (Å²) in [5, 5.41) is 19.5. The van der Waals surface area contributed by atoms with Gasteiger partial charge in [-0.2, -0.15) is 0 Å². The van der Waals surface area contributed by atoms with Gasteiger partial charge in [-0.05, 0) is 37.5 Å². The molecule has 112 valence electrons. The first-order valence-corrected chi connectivity index (χ1v) is 7.08. The average Bonchev–Trinajstić information content (AvgIpc) is 3.00. The minimum Gasteiger partial charge on any atom is -0.478 e. The van der Waals surface area contributed by atoms with Gasteiger partial charge in [0.05, 0.1) is 17.0 Å². The predicted molar refractivity (Wildman–Crippen MR) is 77.5 cm³/mol. The standard InChI is InChI=1S/C16H19NO4/c1-10(2)13-11(5-8-16(21)6-3-4-7-16)17-12(9-18)14(13)15(19)20/h9-10,17,21H,3-4,6-7H2,1-2H3,(H,19,20). The first-order valence-electron chi connectivity index (χ1n) is 7.08. The molecule has 1 saturated carbocycles. The van der Waals surface area contributed by atoms with Gasteiger partial charge >= 0.3 is 5.97 Å². The lowest BCUT2D eigenvalue weighted by atomic mass is 9.96. The highest BCUT2D eigenvalue weighted by molar-refractivity contribution is 5.98. The van der Waals surface area contributed by atoms with Crippen LogP contribution in [0.2, 0.25) is 0 Å². The van der Waals surface area contributed by atoms with Gasteiger partial charge in [0.25, 0.3) is 0 Å². The van der Waals surface area contributed by atoms with Crippen molar-refractivity contribution in [3.8, 4) is 11.8 Å². The summed E-state index contributed by atoms with van der Waals surface area (Å²) in [4.78, 5) is 25.2. The van der Waals surface area contributed by atoms with Crippen LogP contribution in [0.1, 0.15) is 77.6 Å². The molecule has 0 spiro atoms. The molecule has 0 atom stereocenters. The van der Waals surface area contributed by atoms with Gasteiger partial charge in [0, 0.05) is 5.56 Å². The van der Waals surface area contributed by atoms with E-state index in [0.29, 0.717) is 30.4 Å². The average molecular weight is 289 g/mol. The molecule has 0 radical (unpaired) electrons. The maximum absolute atomic E-state index is 11.4. The molecule has 5 heteroatoms. The third-order valence-corrected chi connectivity index (χ3v) is 3.83. The number of rotatable bonds is 3. The topological polar surface area (TPSA) is 90.4 Å². The number of aromatic amines is 1. The number of aromatic nitrogens is 1. The summed E-state index contributed by atoms with van der Waals surface area (Å²) < 4.78 is 0. The van der Waals surface area contributed by atoms with E-state index in [1.54, 1.807) is 0 Å². The zero-order valence-corrected chi connectivity index (χ0v) is 12.2. The van der Waals surface area contributed by atoms with E-state index in [0.717, 1.165) is 12.8 Å². The molecular weight excluding hydrogens is 270 g/mol. The molecule has 0 aliphatic heterocycles. The summed E-state index contributed by atoms with van der Waals surface area (Å²) in [5.41, 5.74) is -0.0791. The van der Waals surface area contributed by atoms with Crippen LogP contribution in [0.25, 0.3) is 0 Å². The lowest BCUT2D eigenvalue weighted by molar-refractivity contribution is 0.0692. The number of H-pyrrole nitrogens is 1. The summed E-state index contributed by atoms with van der Waals surface area (Å²) in [6, 6.07) is 0. The molecular formula is C16H19NO4. The molecule has 0 amide bonds. The summed E-state index contributed by atoms with van der Waals surface area (Å²) in [6.45, 7) is 3.69. The zero-order valence-electron chi connectivity index (χ0n) is 12.2. The van der Waals surface area contributed by atoms with Crippen molar-refractivity contribution in [1.82, 2.24) is 4.98 Å². The summed E-state index contributed by atoms with van der Waals surface area (Å²) in [6.07, 6.45) is 3.62. The SMILES string of the molecule is CC(C)c1c(C#CC2(O)CCCC2)[nH]c(C=O)c1C(=O)O. The van der Waals surface area contributed by atoms with Crippen LogP contribution in [0.5, 0.6) is 0 Å². The Bertz CT molecular complexity index is 625. The molecule has 1 heterocycles. The van der Waals surface area contributed by atoms with Crippen LogP contribution in [-0.4, -0.2) is 33.1 Å². The molecule has 3 N–H and O–H groups in total. The predicted octanol–water partition coefficient (Wildman–Crippen LogP) is 2.31. The van der Waals surface area contributed by atoms with Gasteiger partial charge in [0.15, 0.2) is 6.29 Å². The number of carbonyl (C=O) groups is 2. The van der Waals surface area contributed by atoms with E-state index in [1.807, 2.05) is 13.8 Å². The number of carbonyl (C=O) groups excluding carboxylic acids is 1. The highest BCUT2D eigenvalue weighted by atomic mass is 16.4. The van der Waals surface area contributed by atoms with Gasteiger partial charge in [0.2, 0.25) is 0 Å². The Morgan fingerprint density at radius 3 is 2.48 bits per heavy atom. The molecule has 1 fully saturated rings. The Labute approximate surface area is 123 Å². The fourth-order valence-electron chi connectivity index (χ4n) is 2.79. The quantitative estimate of drug-likeness (QED) is 0.588. The van der Waals surface area contributed by atoms with Crippen LogP contribution in [0.3, 0.4) is 0 Å². The Kier molecular flexibility index (Phi) is 4.19. The largest absolute Gasteiger partial charge is 0.478 e. The van der Waals surface area contributed by atoms with Gasteiger partial charge in [-0.3, -0.25) is 4.79 Å². The maximum atomic E-state index is 11.4. The number of aromatic carboxylic acids is 1. The second-order valence-corrected chi connectivity index (χ2v) is 5.77. The van der Waals surface area contributed by atoms with Crippen LogP contribution in [-0.2, 0) is 0 Å². The molecule has 0 aromatic carbocycles. The van der Waals surface area contributed by atoms with Gasteiger partial charge in [0.1, 0.15) is 5.60 Å². The third-order valence-electron chi connectivity index (χ3n) is 3.83. The van der Waals surface area contributed by atoms with Crippen LogP contribution in [0, 0.1) is 11.8 Å². The minimum atomic E-state index is -1.15. The fourth-order valence-corrected chi connectivity index (χ4v) is 2.79. The highest BCUT2D eigenvalue weighted by Gasteiger charge is 2.29.